The summed E-state index contributed by atoms with van der Waals surface area (Å²) < 4.78 is 5.47. The zero-order valence-electron chi connectivity index (χ0n) is 20.3. The van der Waals surface area contributed by atoms with Crippen LogP contribution < -0.4 is 0 Å². The molecule has 0 bridgehead atoms. The molecule has 2 fully saturated rings. The van der Waals surface area contributed by atoms with Crippen LogP contribution >= 0.6 is 11.8 Å². The van der Waals surface area contributed by atoms with E-state index in [1.165, 1.54) is 5.56 Å². The predicted molar refractivity (Wildman–Crippen MR) is 139 cm³/mol. The Labute approximate surface area is 211 Å². The number of nitrogens with zero attached hydrogens (tertiary/aromatic N) is 5. The predicted octanol–water partition coefficient (Wildman–Crippen LogP) is 3.29. The monoisotopic (exact) mass is 491 g/mol. The lowest BCUT2D eigenvalue weighted by Crippen LogP contribution is -2.50. The summed E-state index contributed by atoms with van der Waals surface area (Å²) in [5.74, 6) is 0.994. The zero-order chi connectivity index (χ0) is 24.0. The largest absolute Gasteiger partial charge is 0.379 e. The maximum atomic E-state index is 13.3. The lowest BCUT2D eigenvalue weighted by Gasteiger charge is -2.35. The molecule has 0 spiro atoms. The van der Waals surface area contributed by atoms with Crippen LogP contribution in [-0.2, 0) is 22.6 Å². The van der Waals surface area contributed by atoms with Gasteiger partial charge in [-0.1, -0.05) is 60.3 Å². The molecule has 0 aliphatic carbocycles. The van der Waals surface area contributed by atoms with Crippen LogP contribution in [0, 0.1) is 0 Å². The van der Waals surface area contributed by atoms with Gasteiger partial charge in [0, 0.05) is 51.2 Å². The Hall–Kier alpha value is -2.52. The van der Waals surface area contributed by atoms with Crippen molar-refractivity contribution in [2.45, 2.75) is 30.3 Å². The lowest BCUT2D eigenvalue weighted by molar-refractivity contribution is -0.132. The molecule has 3 heterocycles. The van der Waals surface area contributed by atoms with E-state index < -0.39 is 0 Å². The molecule has 1 atom stereocenters. The standard InChI is InChI=1S/C27H33N5O2S/c1-21(27(33)32-13-11-30(12-14-32)19-22-7-3-2-4-8-22)35-26-23-9-5-6-10-24(23)28-25(29-26)20-31-15-17-34-18-16-31/h2-10,21H,11-20H2,1H3. The van der Waals surface area contributed by atoms with Crippen molar-refractivity contribution < 1.29 is 9.53 Å². The molecule has 7 nitrogen and oxygen atoms in total. The zero-order valence-corrected chi connectivity index (χ0v) is 21.1. The Kier molecular flexibility index (Phi) is 7.93. The van der Waals surface area contributed by atoms with Crippen molar-refractivity contribution in [3.63, 3.8) is 0 Å². The van der Waals surface area contributed by atoms with Crippen molar-refractivity contribution in [3.8, 4) is 0 Å². The van der Waals surface area contributed by atoms with E-state index in [1.807, 2.05) is 36.1 Å². The van der Waals surface area contributed by atoms with Crippen molar-refractivity contribution in [2.75, 3.05) is 52.5 Å². The van der Waals surface area contributed by atoms with E-state index in [9.17, 15) is 4.79 Å². The van der Waals surface area contributed by atoms with Gasteiger partial charge in [0.2, 0.25) is 5.91 Å². The highest BCUT2D eigenvalue weighted by Gasteiger charge is 2.27. The van der Waals surface area contributed by atoms with E-state index in [1.54, 1.807) is 11.8 Å². The van der Waals surface area contributed by atoms with Gasteiger partial charge >= 0.3 is 0 Å². The van der Waals surface area contributed by atoms with Crippen molar-refractivity contribution in [2.24, 2.45) is 0 Å². The summed E-state index contributed by atoms with van der Waals surface area (Å²) in [5.41, 5.74) is 2.25. The molecule has 184 valence electrons. The van der Waals surface area contributed by atoms with E-state index in [0.29, 0.717) is 6.54 Å². The third-order valence-electron chi connectivity index (χ3n) is 6.65. The molecule has 0 N–H and O–H groups in total. The van der Waals surface area contributed by atoms with Gasteiger partial charge < -0.3 is 9.64 Å². The third kappa shape index (κ3) is 6.19. The minimum atomic E-state index is -0.204. The van der Waals surface area contributed by atoms with Gasteiger partial charge in [-0.25, -0.2) is 9.97 Å². The molecule has 1 aromatic heterocycles. The summed E-state index contributed by atoms with van der Waals surface area (Å²) in [7, 11) is 0. The minimum Gasteiger partial charge on any atom is -0.379 e. The summed E-state index contributed by atoms with van der Waals surface area (Å²) in [6.07, 6.45) is 0. The minimum absolute atomic E-state index is 0.187. The second kappa shape index (κ2) is 11.5. The summed E-state index contributed by atoms with van der Waals surface area (Å²) >= 11 is 1.56. The van der Waals surface area contributed by atoms with Gasteiger partial charge in [0.25, 0.3) is 0 Å². The Bertz CT molecular complexity index is 1130. The fourth-order valence-electron chi connectivity index (χ4n) is 4.66. The number of hydrogen-bond acceptors (Lipinski definition) is 7. The number of amides is 1. The van der Waals surface area contributed by atoms with Gasteiger partial charge in [-0.15, -0.1) is 0 Å². The maximum Gasteiger partial charge on any atom is 0.235 e. The highest BCUT2D eigenvalue weighted by molar-refractivity contribution is 8.00. The molecule has 1 amide bonds. The molecule has 5 rings (SSSR count). The summed E-state index contributed by atoms with van der Waals surface area (Å²) in [5, 5.41) is 1.70. The summed E-state index contributed by atoms with van der Waals surface area (Å²) in [6, 6.07) is 18.6. The van der Waals surface area contributed by atoms with Gasteiger partial charge in [-0.2, -0.15) is 0 Å². The van der Waals surface area contributed by atoms with Crippen molar-refractivity contribution >= 4 is 28.6 Å². The van der Waals surface area contributed by atoms with Crippen LogP contribution in [0.5, 0.6) is 0 Å². The molecule has 0 saturated carbocycles. The Morgan fingerprint density at radius 3 is 2.34 bits per heavy atom. The first-order valence-electron chi connectivity index (χ1n) is 12.4. The van der Waals surface area contributed by atoms with E-state index in [2.05, 4.69) is 40.1 Å². The first-order valence-corrected chi connectivity index (χ1v) is 13.3. The maximum absolute atomic E-state index is 13.3. The Morgan fingerprint density at radius 2 is 1.57 bits per heavy atom. The molecule has 3 aromatic rings. The van der Waals surface area contributed by atoms with Crippen molar-refractivity contribution in [1.29, 1.82) is 0 Å². The van der Waals surface area contributed by atoms with Crippen LogP contribution in [0.1, 0.15) is 18.3 Å². The Balaban J connectivity index is 1.23. The summed E-state index contributed by atoms with van der Waals surface area (Å²) in [6.45, 7) is 10.3. The number of carbonyl (C=O) groups is 1. The first-order chi connectivity index (χ1) is 17.2. The van der Waals surface area contributed by atoms with Crippen LogP contribution in [0.15, 0.2) is 59.6 Å². The van der Waals surface area contributed by atoms with E-state index >= 15 is 0 Å². The van der Waals surface area contributed by atoms with Gasteiger partial charge in [0.1, 0.15) is 10.9 Å². The molecule has 8 heteroatoms. The fourth-order valence-corrected chi connectivity index (χ4v) is 5.70. The normalized spacial score (nSPS) is 18.6. The molecule has 0 radical (unpaired) electrons. The Morgan fingerprint density at radius 1 is 0.886 bits per heavy atom. The van der Waals surface area contributed by atoms with Crippen LogP contribution in [0.25, 0.3) is 10.9 Å². The van der Waals surface area contributed by atoms with Crippen LogP contribution in [0.2, 0.25) is 0 Å². The van der Waals surface area contributed by atoms with Gasteiger partial charge in [-0.3, -0.25) is 14.6 Å². The number of piperazine rings is 1. The van der Waals surface area contributed by atoms with E-state index in [4.69, 9.17) is 14.7 Å². The van der Waals surface area contributed by atoms with Crippen molar-refractivity contribution in [1.82, 2.24) is 24.7 Å². The SMILES string of the molecule is CC(Sc1nc(CN2CCOCC2)nc2ccccc12)C(=O)N1CCN(Cc2ccccc2)CC1. The topological polar surface area (TPSA) is 61.8 Å². The molecule has 2 aromatic carbocycles. The number of benzene rings is 2. The number of fused-ring (bicyclic) bond motifs is 1. The average molecular weight is 492 g/mol. The second-order valence-electron chi connectivity index (χ2n) is 9.20. The van der Waals surface area contributed by atoms with E-state index in [0.717, 1.165) is 80.8 Å². The lowest BCUT2D eigenvalue weighted by atomic mass is 10.2. The summed E-state index contributed by atoms with van der Waals surface area (Å²) in [4.78, 5) is 29.8. The number of thioether (sulfide) groups is 1. The van der Waals surface area contributed by atoms with E-state index in [-0.39, 0.29) is 11.2 Å². The van der Waals surface area contributed by atoms with Gasteiger partial charge in [0.05, 0.1) is 30.5 Å². The highest BCUT2D eigenvalue weighted by atomic mass is 32.2. The molecule has 35 heavy (non-hydrogen) atoms. The van der Waals surface area contributed by atoms with Crippen molar-refractivity contribution in [3.05, 3.63) is 66.0 Å². The number of aromatic nitrogens is 2. The third-order valence-corrected chi connectivity index (χ3v) is 7.74. The van der Waals surface area contributed by atoms with Crippen LogP contribution in [0.4, 0.5) is 0 Å². The molecule has 2 aliphatic rings. The highest BCUT2D eigenvalue weighted by Crippen LogP contribution is 2.30. The number of morpholine rings is 1. The molecular weight excluding hydrogens is 458 g/mol. The van der Waals surface area contributed by atoms with Crippen LogP contribution in [0.3, 0.4) is 0 Å². The number of carbonyl (C=O) groups excluding carboxylic acids is 1. The average Bonchev–Trinajstić information content (AvgIpc) is 2.90. The number of ether oxygens (including phenoxy) is 1. The fraction of sp³-hybridized carbons (Fsp3) is 0.444. The molecule has 2 saturated heterocycles. The smallest absolute Gasteiger partial charge is 0.235 e. The quantitative estimate of drug-likeness (QED) is 0.371. The molecule has 2 aliphatic heterocycles. The molecular formula is C27H33N5O2S. The van der Waals surface area contributed by atoms with Gasteiger partial charge in [0.15, 0.2) is 0 Å². The van der Waals surface area contributed by atoms with Crippen LogP contribution in [-0.4, -0.2) is 88.3 Å². The first kappa shape index (κ1) is 24.2. The second-order valence-corrected chi connectivity index (χ2v) is 10.5. The number of para-hydroxylation sites is 1. The molecule has 1 unspecified atom stereocenters. The van der Waals surface area contributed by atoms with Gasteiger partial charge in [-0.05, 0) is 18.6 Å². The number of rotatable bonds is 7. The number of hydrogen-bond donors (Lipinski definition) is 0.